The zero-order valence-electron chi connectivity index (χ0n) is 11.0. The Bertz CT molecular complexity index is 472. The van der Waals surface area contributed by atoms with Crippen LogP contribution in [0.3, 0.4) is 0 Å². The van der Waals surface area contributed by atoms with Crippen LogP contribution in [0, 0.1) is 0 Å². The molecule has 1 aromatic carbocycles. The first-order chi connectivity index (χ1) is 9.25. The second kappa shape index (κ2) is 5.09. The molecule has 5 nitrogen and oxygen atoms in total. The van der Waals surface area contributed by atoms with Crippen LogP contribution in [0.1, 0.15) is 6.42 Å². The fraction of sp³-hybridized carbons (Fsp3) is 0.500. The summed E-state index contributed by atoms with van der Waals surface area (Å²) in [6.07, 6.45) is 0.451. The molecule has 2 aliphatic heterocycles. The fourth-order valence-corrected chi connectivity index (χ4v) is 2.52. The van der Waals surface area contributed by atoms with Crippen molar-refractivity contribution in [3.8, 4) is 11.5 Å². The van der Waals surface area contributed by atoms with E-state index in [4.69, 9.17) is 9.47 Å². The molecule has 3 rings (SSSR count). The van der Waals surface area contributed by atoms with Crippen LogP contribution in [0.5, 0.6) is 11.5 Å². The first-order valence-corrected chi connectivity index (χ1v) is 6.61. The number of rotatable bonds is 2. The molecule has 2 heterocycles. The number of ether oxygens (including phenoxy) is 2. The van der Waals surface area contributed by atoms with Crippen molar-refractivity contribution in [3.63, 3.8) is 0 Å². The van der Waals surface area contributed by atoms with E-state index < -0.39 is 6.10 Å². The van der Waals surface area contributed by atoms with Gasteiger partial charge in [-0.15, -0.1) is 0 Å². The van der Waals surface area contributed by atoms with Crippen LogP contribution in [0.25, 0.3) is 0 Å². The van der Waals surface area contributed by atoms with Gasteiger partial charge >= 0.3 is 0 Å². The van der Waals surface area contributed by atoms with Gasteiger partial charge in [0.25, 0.3) is 5.91 Å². The number of carbonyl (C=O) groups is 1. The van der Waals surface area contributed by atoms with Gasteiger partial charge < -0.3 is 19.7 Å². The SMILES string of the molecule is CN(C(=O)[C@H]1COc2ccccc2O1)[C@H]1CCNC1. The summed E-state index contributed by atoms with van der Waals surface area (Å²) in [5, 5.41) is 3.26. The predicted molar refractivity (Wildman–Crippen MR) is 70.4 cm³/mol. The highest BCUT2D eigenvalue weighted by Crippen LogP contribution is 2.31. The Kier molecular flexibility index (Phi) is 3.29. The molecule has 1 amide bonds. The molecule has 1 fully saturated rings. The third-order valence-corrected chi connectivity index (χ3v) is 3.71. The van der Waals surface area contributed by atoms with Crippen LogP contribution in [0.2, 0.25) is 0 Å². The standard InChI is InChI=1S/C14H18N2O3/c1-16(10-6-7-15-8-10)14(17)13-9-18-11-4-2-3-5-12(11)19-13/h2-5,10,13,15H,6-9H2,1H3/t10-,13+/m0/s1. The van der Waals surface area contributed by atoms with E-state index in [1.807, 2.05) is 31.3 Å². The monoisotopic (exact) mass is 262 g/mol. The highest BCUT2D eigenvalue weighted by molar-refractivity contribution is 5.82. The molecule has 5 heteroatoms. The van der Waals surface area contributed by atoms with E-state index >= 15 is 0 Å². The second-order valence-corrected chi connectivity index (χ2v) is 4.96. The Morgan fingerprint density at radius 3 is 2.89 bits per heavy atom. The Labute approximate surface area is 112 Å². The number of hydrogen-bond acceptors (Lipinski definition) is 4. The predicted octanol–water partition coefficient (Wildman–Crippen LogP) is 0.647. The molecule has 1 aromatic rings. The topological polar surface area (TPSA) is 50.8 Å². The first kappa shape index (κ1) is 12.3. The van der Waals surface area contributed by atoms with Crippen LogP contribution in [0.4, 0.5) is 0 Å². The van der Waals surface area contributed by atoms with Gasteiger partial charge in [-0.2, -0.15) is 0 Å². The lowest BCUT2D eigenvalue weighted by atomic mass is 10.2. The summed E-state index contributed by atoms with van der Waals surface area (Å²) in [5.41, 5.74) is 0. The van der Waals surface area contributed by atoms with E-state index in [-0.39, 0.29) is 18.6 Å². The van der Waals surface area contributed by atoms with E-state index in [9.17, 15) is 4.79 Å². The van der Waals surface area contributed by atoms with Crippen LogP contribution in [0.15, 0.2) is 24.3 Å². The molecule has 0 aromatic heterocycles. The Balaban J connectivity index is 1.68. The minimum absolute atomic E-state index is 0.0109. The van der Waals surface area contributed by atoms with Gasteiger partial charge in [0.2, 0.25) is 6.10 Å². The molecule has 102 valence electrons. The summed E-state index contributed by atoms with van der Waals surface area (Å²) in [4.78, 5) is 14.2. The molecule has 0 bridgehead atoms. The average molecular weight is 262 g/mol. The molecular weight excluding hydrogens is 244 g/mol. The Morgan fingerprint density at radius 1 is 1.37 bits per heavy atom. The smallest absolute Gasteiger partial charge is 0.267 e. The second-order valence-electron chi connectivity index (χ2n) is 4.96. The van der Waals surface area contributed by atoms with Crippen molar-refractivity contribution in [2.45, 2.75) is 18.6 Å². The summed E-state index contributed by atoms with van der Waals surface area (Å²) in [6, 6.07) is 7.70. The molecule has 0 unspecified atom stereocenters. The van der Waals surface area contributed by atoms with Gasteiger partial charge in [0, 0.05) is 19.6 Å². The van der Waals surface area contributed by atoms with Crippen molar-refractivity contribution in [2.24, 2.45) is 0 Å². The van der Waals surface area contributed by atoms with Gasteiger partial charge in [0.05, 0.1) is 0 Å². The van der Waals surface area contributed by atoms with Crippen molar-refractivity contribution < 1.29 is 14.3 Å². The number of nitrogens with zero attached hydrogens (tertiary/aromatic N) is 1. The molecule has 19 heavy (non-hydrogen) atoms. The average Bonchev–Trinajstić information content (AvgIpc) is 2.99. The van der Waals surface area contributed by atoms with Crippen molar-refractivity contribution in [1.82, 2.24) is 10.2 Å². The van der Waals surface area contributed by atoms with Gasteiger partial charge in [0.15, 0.2) is 11.5 Å². The van der Waals surface area contributed by atoms with Gasteiger partial charge in [-0.3, -0.25) is 4.79 Å². The molecular formula is C14H18N2O3. The number of likely N-dealkylation sites (N-methyl/N-ethyl adjacent to an activating group) is 1. The van der Waals surface area contributed by atoms with Gasteiger partial charge in [0.1, 0.15) is 6.61 Å². The summed E-state index contributed by atoms with van der Waals surface area (Å²) >= 11 is 0. The van der Waals surface area contributed by atoms with E-state index in [1.165, 1.54) is 0 Å². The molecule has 2 aliphatic rings. The third-order valence-electron chi connectivity index (χ3n) is 3.71. The summed E-state index contributed by atoms with van der Waals surface area (Å²) in [5.74, 6) is 1.34. The molecule has 1 N–H and O–H groups in total. The van der Waals surface area contributed by atoms with Crippen molar-refractivity contribution in [3.05, 3.63) is 24.3 Å². The summed E-state index contributed by atoms with van der Waals surface area (Å²) in [6.45, 7) is 2.10. The number of hydrogen-bond donors (Lipinski definition) is 1. The maximum atomic E-state index is 12.4. The Hall–Kier alpha value is -1.75. The van der Waals surface area contributed by atoms with E-state index in [0.717, 1.165) is 19.5 Å². The molecule has 0 saturated carbocycles. The van der Waals surface area contributed by atoms with Crippen LogP contribution >= 0.6 is 0 Å². The highest BCUT2D eigenvalue weighted by Gasteiger charge is 2.33. The van der Waals surface area contributed by atoms with E-state index in [1.54, 1.807) is 4.90 Å². The molecule has 0 aliphatic carbocycles. The lowest BCUT2D eigenvalue weighted by molar-refractivity contribution is -0.141. The molecule has 0 spiro atoms. The van der Waals surface area contributed by atoms with Crippen LogP contribution in [-0.2, 0) is 4.79 Å². The van der Waals surface area contributed by atoms with Crippen molar-refractivity contribution in [1.29, 1.82) is 0 Å². The lowest BCUT2D eigenvalue weighted by Gasteiger charge is -2.31. The quantitative estimate of drug-likeness (QED) is 0.850. The van der Waals surface area contributed by atoms with Crippen LogP contribution < -0.4 is 14.8 Å². The van der Waals surface area contributed by atoms with Crippen molar-refractivity contribution >= 4 is 5.91 Å². The molecule has 1 saturated heterocycles. The van der Waals surface area contributed by atoms with Crippen LogP contribution in [-0.4, -0.2) is 49.7 Å². The minimum Gasteiger partial charge on any atom is -0.485 e. The number of carbonyl (C=O) groups excluding carboxylic acids is 1. The number of para-hydroxylation sites is 2. The van der Waals surface area contributed by atoms with Gasteiger partial charge in [-0.25, -0.2) is 0 Å². The minimum atomic E-state index is -0.541. The van der Waals surface area contributed by atoms with E-state index in [2.05, 4.69) is 5.32 Å². The lowest BCUT2D eigenvalue weighted by Crippen LogP contribution is -2.49. The number of nitrogens with one attached hydrogen (secondary N) is 1. The number of fused-ring (bicyclic) bond motifs is 1. The van der Waals surface area contributed by atoms with Crippen molar-refractivity contribution in [2.75, 3.05) is 26.7 Å². The normalized spacial score (nSPS) is 25.1. The maximum Gasteiger partial charge on any atom is 0.267 e. The number of benzene rings is 1. The first-order valence-electron chi connectivity index (χ1n) is 6.61. The van der Waals surface area contributed by atoms with Gasteiger partial charge in [-0.05, 0) is 25.1 Å². The maximum absolute atomic E-state index is 12.4. The summed E-state index contributed by atoms with van der Waals surface area (Å²) in [7, 11) is 1.84. The zero-order chi connectivity index (χ0) is 13.2. The Morgan fingerprint density at radius 2 is 2.16 bits per heavy atom. The van der Waals surface area contributed by atoms with E-state index in [0.29, 0.717) is 11.5 Å². The summed E-state index contributed by atoms with van der Waals surface area (Å²) < 4.78 is 11.3. The molecule has 0 radical (unpaired) electrons. The zero-order valence-corrected chi connectivity index (χ0v) is 11.0. The molecule has 2 atom stereocenters. The van der Waals surface area contributed by atoms with Gasteiger partial charge in [-0.1, -0.05) is 12.1 Å². The third kappa shape index (κ3) is 2.38. The highest BCUT2D eigenvalue weighted by atomic mass is 16.6. The number of amides is 1. The fourth-order valence-electron chi connectivity index (χ4n) is 2.52. The largest absolute Gasteiger partial charge is 0.485 e.